The molecular weight excluding hydrogens is 362 g/mol. The van der Waals surface area contributed by atoms with Gasteiger partial charge in [-0.2, -0.15) is 0 Å². The van der Waals surface area contributed by atoms with Gasteiger partial charge in [-0.1, -0.05) is 28.1 Å². The van der Waals surface area contributed by atoms with E-state index in [0.29, 0.717) is 11.9 Å². The average molecular weight is 388 g/mol. The molecule has 1 saturated heterocycles. The van der Waals surface area contributed by atoms with E-state index in [1.165, 1.54) is 37.7 Å². The van der Waals surface area contributed by atoms with Crippen LogP contribution in [0.25, 0.3) is 0 Å². The number of nitrogens with zero attached hydrogens (tertiary/aromatic N) is 1. The molecule has 1 aromatic rings. The molecule has 1 aliphatic heterocycles. The first-order valence-corrected chi connectivity index (χ1v) is 10.3. The van der Waals surface area contributed by atoms with E-state index < -0.39 is 0 Å². The van der Waals surface area contributed by atoms with Crippen LogP contribution in [0.15, 0.2) is 28.7 Å². The molecule has 0 radical (unpaired) electrons. The van der Waals surface area contributed by atoms with E-state index in [9.17, 15) is 4.79 Å². The molecule has 0 spiro atoms. The number of carbonyl (C=O) groups is 1. The standard InChI is InChI=1S/C21H26BrNO/c1-21(2)19(14-3-5-17(22)6-4-14)23(20(21)24)18-15-8-12-7-13(10-15)11-16(18)9-12/h3-6,12-13,15-16,18-19H,7-11H2,1-2H3. The van der Waals surface area contributed by atoms with E-state index in [0.717, 1.165) is 28.1 Å². The van der Waals surface area contributed by atoms with E-state index in [2.05, 4.69) is 58.9 Å². The van der Waals surface area contributed by atoms with Gasteiger partial charge in [-0.15, -0.1) is 0 Å². The highest BCUT2D eigenvalue weighted by Crippen LogP contribution is 2.60. The summed E-state index contributed by atoms with van der Waals surface area (Å²) in [4.78, 5) is 15.4. The van der Waals surface area contributed by atoms with Gasteiger partial charge in [0.1, 0.15) is 0 Å². The Balaban J connectivity index is 1.50. The van der Waals surface area contributed by atoms with Gasteiger partial charge in [0.2, 0.25) is 5.91 Å². The van der Waals surface area contributed by atoms with E-state index in [-0.39, 0.29) is 11.5 Å². The van der Waals surface area contributed by atoms with Gasteiger partial charge in [-0.25, -0.2) is 0 Å². The second-order valence-corrected chi connectivity index (χ2v) is 10.2. The van der Waals surface area contributed by atoms with Crippen LogP contribution in [0.4, 0.5) is 0 Å². The van der Waals surface area contributed by atoms with E-state index in [1.54, 1.807) is 0 Å². The average Bonchev–Trinajstić information content (AvgIpc) is 2.54. The third-order valence-electron chi connectivity index (χ3n) is 7.43. The molecule has 5 fully saturated rings. The number of hydrogen-bond acceptors (Lipinski definition) is 1. The number of carbonyl (C=O) groups excluding carboxylic acids is 1. The van der Waals surface area contributed by atoms with Crippen molar-refractivity contribution >= 4 is 21.8 Å². The van der Waals surface area contributed by atoms with E-state index >= 15 is 0 Å². The van der Waals surface area contributed by atoms with Gasteiger partial charge in [-0.05, 0) is 87.3 Å². The smallest absolute Gasteiger partial charge is 0.231 e. The highest BCUT2D eigenvalue weighted by molar-refractivity contribution is 9.10. The fourth-order valence-corrected chi connectivity index (χ4v) is 6.99. The summed E-state index contributed by atoms with van der Waals surface area (Å²) in [5.74, 6) is 3.82. The number of benzene rings is 1. The molecule has 1 unspecified atom stereocenters. The number of β-lactam (4-membered cyclic amide) rings is 1. The van der Waals surface area contributed by atoms with Gasteiger partial charge in [0.05, 0.1) is 11.5 Å². The van der Waals surface area contributed by atoms with Crippen LogP contribution in [0, 0.1) is 29.1 Å². The van der Waals surface area contributed by atoms with Crippen molar-refractivity contribution in [1.82, 2.24) is 4.90 Å². The first-order chi connectivity index (χ1) is 11.4. The van der Waals surface area contributed by atoms with Gasteiger partial charge in [0.25, 0.3) is 0 Å². The summed E-state index contributed by atoms with van der Waals surface area (Å²) in [6.07, 6.45) is 6.95. The molecule has 1 amide bonds. The maximum atomic E-state index is 13.1. The fourth-order valence-electron chi connectivity index (χ4n) is 6.73. The van der Waals surface area contributed by atoms with Gasteiger partial charge < -0.3 is 4.90 Å². The second-order valence-electron chi connectivity index (χ2n) is 9.31. The molecule has 4 bridgehead atoms. The van der Waals surface area contributed by atoms with Crippen LogP contribution in [-0.4, -0.2) is 16.8 Å². The molecule has 2 nitrogen and oxygen atoms in total. The van der Waals surface area contributed by atoms with Crippen LogP contribution in [0.1, 0.15) is 57.6 Å². The second kappa shape index (κ2) is 5.09. The maximum absolute atomic E-state index is 13.1. The SMILES string of the molecule is CC1(C)C(=O)N(C2C3CC4CC(C3)CC2C4)C1c1ccc(Br)cc1. The van der Waals surface area contributed by atoms with E-state index in [1.807, 2.05) is 0 Å². The predicted molar refractivity (Wildman–Crippen MR) is 98.3 cm³/mol. The number of likely N-dealkylation sites (tertiary alicyclic amines) is 1. The Morgan fingerprint density at radius 2 is 1.50 bits per heavy atom. The largest absolute Gasteiger partial charge is 0.331 e. The van der Waals surface area contributed by atoms with Crippen molar-refractivity contribution in [2.75, 3.05) is 0 Å². The number of amides is 1. The predicted octanol–water partition coefficient (Wildman–Crippen LogP) is 5.18. The van der Waals surface area contributed by atoms with Crippen LogP contribution < -0.4 is 0 Å². The zero-order valence-corrected chi connectivity index (χ0v) is 16.1. The van der Waals surface area contributed by atoms with Gasteiger partial charge >= 0.3 is 0 Å². The highest BCUT2D eigenvalue weighted by atomic mass is 79.9. The molecule has 6 rings (SSSR count). The van der Waals surface area contributed by atoms with Crippen LogP contribution in [0.3, 0.4) is 0 Å². The number of halogens is 1. The molecule has 1 atom stereocenters. The first kappa shape index (κ1) is 15.4. The third-order valence-corrected chi connectivity index (χ3v) is 7.96. The van der Waals surface area contributed by atoms with Crippen LogP contribution in [-0.2, 0) is 4.79 Å². The Kier molecular flexibility index (Phi) is 3.27. The minimum atomic E-state index is -0.261. The summed E-state index contributed by atoms with van der Waals surface area (Å²) in [5.41, 5.74) is 1.04. The van der Waals surface area contributed by atoms with Crippen molar-refractivity contribution in [3.63, 3.8) is 0 Å². The van der Waals surface area contributed by atoms with Gasteiger partial charge in [0, 0.05) is 10.5 Å². The first-order valence-electron chi connectivity index (χ1n) is 9.53. The molecule has 5 aliphatic rings. The normalized spacial score (nSPS) is 42.3. The maximum Gasteiger partial charge on any atom is 0.231 e. The summed E-state index contributed by atoms with van der Waals surface area (Å²) in [5, 5.41) is 0. The minimum Gasteiger partial charge on any atom is -0.331 e. The molecule has 0 N–H and O–H groups in total. The number of hydrogen-bond donors (Lipinski definition) is 0. The minimum absolute atomic E-state index is 0.251. The zero-order chi connectivity index (χ0) is 16.6. The quantitative estimate of drug-likeness (QED) is 0.639. The third kappa shape index (κ3) is 2.03. The lowest BCUT2D eigenvalue weighted by Gasteiger charge is -2.64. The Morgan fingerprint density at radius 3 is 2.04 bits per heavy atom. The highest BCUT2D eigenvalue weighted by Gasteiger charge is 2.61. The number of rotatable bonds is 2. The van der Waals surface area contributed by atoms with Gasteiger partial charge in [-0.3, -0.25) is 4.79 Å². The van der Waals surface area contributed by atoms with Crippen molar-refractivity contribution in [2.24, 2.45) is 29.1 Å². The Bertz CT molecular complexity index is 652. The van der Waals surface area contributed by atoms with Crippen molar-refractivity contribution in [1.29, 1.82) is 0 Å². The van der Waals surface area contributed by atoms with Crippen LogP contribution in [0.5, 0.6) is 0 Å². The molecule has 0 aromatic heterocycles. The molecule has 1 aromatic carbocycles. The zero-order valence-electron chi connectivity index (χ0n) is 14.5. The molecule has 3 heteroatoms. The van der Waals surface area contributed by atoms with Crippen molar-refractivity contribution < 1.29 is 4.79 Å². The molecular formula is C21H26BrNO. The fraction of sp³-hybridized carbons (Fsp3) is 0.667. The summed E-state index contributed by atoms with van der Waals surface area (Å²) >= 11 is 3.54. The van der Waals surface area contributed by atoms with Crippen molar-refractivity contribution in [3.05, 3.63) is 34.3 Å². The van der Waals surface area contributed by atoms with E-state index in [4.69, 9.17) is 0 Å². The summed E-state index contributed by atoms with van der Waals surface area (Å²) in [7, 11) is 0. The topological polar surface area (TPSA) is 20.3 Å². The molecule has 24 heavy (non-hydrogen) atoms. The monoisotopic (exact) mass is 387 g/mol. The van der Waals surface area contributed by atoms with Gasteiger partial charge in [0.15, 0.2) is 0 Å². The summed E-state index contributed by atoms with van der Waals surface area (Å²) in [6, 6.07) is 9.39. The molecule has 1 heterocycles. The Hall–Kier alpha value is -0.830. The Morgan fingerprint density at radius 1 is 0.958 bits per heavy atom. The van der Waals surface area contributed by atoms with Crippen molar-refractivity contribution in [3.8, 4) is 0 Å². The summed E-state index contributed by atoms with van der Waals surface area (Å²) < 4.78 is 1.11. The summed E-state index contributed by atoms with van der Waals surface area (Å²) in [6.45, 7) is 4.27. The molecule has 4 aliphatic carbocycles. The lowest BCUT2D eigenvalue weighted by atomic mass is 9.52. The van der Waals surface area contributed by atoms with Crippen molar-refractivity contribution in [2.45, 2.75) is 58.0 Å². The molecule has 4 saturated carbocycles. The lowest BCUT2D eigenvalue weighted by molar-refractivity contribution is -0.191. The Labute approximate surface area is 153 Å². The molecule has 128 valence electrons. The lowest BCUT2D eigenvalue weighted by Crippen LogP contribution is -2.69. The van der Waals surface area contributed by atoms with Crippen LogP contribution >= 0.6 is 15.9 Å². The van der Waals surface area contributed by atoms with Crippen LogP contribution in [0.2, 0.25) is 0 Å².